The van der Waals surface area contributed by atoms with E-state index >= 15 is 0 Å². The van der Waals surface area contributed by atoms with E-state index in [0.717, 1.165) is 28.8 Å². The molecule has 0 heterocycles. The van der Waals surface area contributed by atoms with E-state index in [4.69, 9.17) is 5.26 Å². The Morgan fingerprint density at radius 3 is 2.26 bits per heavy atom. The van der Waals surface area contributed by atoms with E-state index in [-0.39, 0.29) is 5.56 Å². The molecule has 0 aromatic heterocycles. The van der Waals surface area contributed by atoms with Crippen molar-refractivity contribution in [2.24, 2.45) is 0 Å². The van der Waals surface area contributed by atoms with Crippen LogP contribution in [0.2, 0.25) is 0 Å². The lowest BCUT2D eigenvalue weighted by atomic mass is 10.1. The van der Waals surface area contributed by atoms with Crippen LogP contribution < -0.4 is 0 Å². The Balaban J connectivity index is 2.41. The van der Waals surface area contributed by atoms with E-state index in [2.05, 4.69) is 0 Å². The molecule has 1 nitrogen and oxygen atoms in total. The molecule has 0 N–H and O–H groups in total. The standard InChI is InChI=1S/C14H8F3NS/c15-14(16,17)11-7-6-10(9-18)13(8-11)19-12-4-2-1-3-5-12/h1-8H. The van der Waals surface area contributed by atoms with Crippen molar-refractivity contribution in [1.82, 2.24) is 0 Å². The van der Waals surface area contributed by atoms with Crippen LogP contribution >= 0.6 is 11.8 Å². The van der Waals surface area contributed by atoms with Crippen LogP contribution in [-0.4, -0.2) is 0 Å². The van der Waals surface area contributed by atoms with Gasteiger partial charge in [0.1, 0.15) is 6.07 Å². The van der Waals surface area contributed by atoms with Crippen molar-refractivity contribution in [3.8, 4) is 6.07 Å². The molecular formula is C14H8F3NS. The van der Waals surface area contributed by atoms with Gasteiger partial charge in [0.15, 0.2) is 0 Å². The van der Waals surface area contributed by atoms with Gasteiger partial charge in [0, 0.05) is 9.79 Å². The minimum Gasteiger partial charge on any atom is -0.192 e. The molecule has 0 aliphatic heterocycles. The minimum absolute atomic E-state index is 0.238. The van der Waals surface area contributed by atoms with Gasteiger partial charge in [0.05, 0.1) is 11.1 Å². The minimum atomic E-state index is -4.40. The molecule has 0 spiro atoms. The van der Waals surface area contributed by atoms with Crippen molar-refractivity contribution in [2.75, 3.05) is 0 Å². The molecule has 0 unspecified atom stereocenters. The zero-order valence-corrected chi connectivity index (χ0v) is 10.4. The molecular weight excluding hydrogens is 271 g/mol. The van der Waals surface area contributed by atoms with E-state index in [1.807, 2.05) is 12.1 Å². The Hall–Kier alpha value is -1.93. The molecule has 2 aromatic carbocycles. The van der Waals surface area contributed by atoms with E-state index in [1.165, 1.54) is 6.07 Å². The molecule has 0 radical (unpaired) electrons. The van der Waals surface area contributed by atoms with E-state index in [0.29, 0.717) is 4.90 Å². The van der Waals surface area contributed by atoms with Gasteiger partial charge in [-0.05, 0) is 30.3 Å². The Morgan fingerprint density at radius 2 is 1.68 bits per heavy atom. The number of halogens is 3. The maximum absolute atomic E-state index is 12.7. The highest BCUT2D eigenvalue weighted by molar-refractivity contribution is 7.99. The van der Waals surface area contributed by atoms with Crippen LogP contribution in [0, 0.1) is 11.3 Å². The fraction of sp³-hybridized carbons (Fsp3) is 0.0714. The largest absolute Gasteiger partial charge is 0.416 e. The molecule has 5 heteroatoms. The van der Waals surface area contributed by atoms with Gasteiger partial charge in [0.25, 0.3) is 0 Å². The number of hydrogen-bond acceptors (Lipinski definition) is 2. The molecule has 2 aromatic rings. The van der Waals surface area contributed by atoms with E-state index in [9.17, 15) is 13.2 Å². The second-order valence-corrected chi connectivity index (χ2v) is 4.85. The highest BCUT2D eigenvalue weighted by atomic mass is 32.2. The van der Waals surface area contributed by atoms with Gasteiger partial charge in [-0.3, -0.25) is 0 Å². The summed E-state index contributed by atoms with van der Waals surface area (Å²) < 4.78 is 38.0. The summed E-state index contributed by atoms with van der Waals surface area (Å²) in [4.78, 5) is 1.10. The first-order valence-corrected chi connectivity index (χ1v) is 6.16. The summed E-state index contributed by atoms with van der Waals surface area (Å²) in [5.74, 6) is 0. The van der Waals surface area contributed by atoms with Crippen LogP contribution in [0.3, 0.4) is 0 Å². The highest BCUT2D eigenvalue weighted by Gasteiger charge is 2.31. The molecule has 0 aliphatic rings. The molecule has 0 saturated carbocycles. The SMILES string of the molecule is N#Cc1ccc(C(F)(F)F)cc1Sc1ccccc1. The molecule has 0 fully saturated rings. The second-order valence-electron chi connectivity index (χ2n) is 3.74. The van der Waals surface area contributed by atoms with Gasteiger partial charge in [-0.15, -0.1) is 0 Å². The van der Waals surface area contributed by atoms with Crippen molar-refractivity contribution in [3.05, 3.63) is 59.7 Å². The molecule has 0 amide bonds. The van der Waals surface area contributed by atoms with Crippen LogP contribution in [0.5, 0.6) is 0 Å². The third-order valence-electron chi connectivity index (χ3n) is 2.40. The Morgan fingerprint density at radius 1 is 1.00 bits per heavy atom. The summed E-state index contributed by atoms with van der Waals surface area (Å²) in [7, 11) is 0. The monoisotopic (exact) mass is 279 g/mol. The van der Waals surface area contributed by atoms with Gasteiger partial charge in [-0.1, -0.05) is 30.0 Å². The van der Waals surface area contributed by atoms with E-state index in [1.54, 1.807) is 24.3 Å². The third-order valence-corrected chi connectivity index (χ3v) is 3.47. The van der Waals surface area contributed by atoms with Crippen LogP contribution in [0.15, 0.2) is 58.3 Å². The fourth-order valence-electron chi connectivity index (χ4n) is 1.49. The zero-order chi connectivity index (χ0) is 13.9. The fourth-order valence-corrected chi connectivity index (χ4v) is 2.45. The average molecular weight is 279 g/mol. The molecule has 2 rings (SSSR count). The maximum Gasteiger partial charge on any atom is 0.416 e. The normalized spacial score (nSPS) is 11.1. The third kappa shape index (κ3) is 3.30. The summed E-state index contributed by atoms with van der Waals surface area (Å²) in [6.45, 7) is 0. The number of hydrogen-bond donors (Lipinski definition) is 0. The maximum atomic E-state index is 12.7. The lowest BCUT2D eigenvalue weighted by Gasteiger charge is -2.10. The van der Waals surface area contributed by atoms with Crippen molar-refractivity contribution >= 4 is 11.8 Å². The van der Waals surface area contributed by atoms with Crippen LogP contribution in [0.25, 0.3) is 0 Å². The Bertz CT molecular complexity index is 615. The van der Waals surface area contributed by atoms with Gasteiger partial charge in [-0.2, -0.15) is 18.4 Å². The molecule has 0 atom stereocenters. The van der Waals surface area contributed by atoms with Crippen LogP contribution in [-0.2, 0) is 6.18 Å². The Kier molecular flexibility index (Phi) is 3.82. The number of nitrogens with zero attached hydrogens (tertiary/aromatic N) is 1. The summed E-state index contributed by atoms with van der Waals surface area (Å²) in [5, 5.41) is 8.95. The smallest absolute Gasteiger partial charge is 0.192 e. The summed E-state index contributed by atoms with van der Waals surface area (Å²) in [6, 6.07) is 14.0. The Labute approximate surface area is 112 Å². The molecule has 96 valence electrons. The summed E-state index contributed by atoms with van der Waals surface area (Å²) in [6.07, 6.45) is -4.40. The first-order valence-electron chi connectivity index (χ1n) is 5.35. The number of nitriles is 1. The van der Waals surface area contributed by atoms with Gasteiger partial charge in [0.2, 0.25) is 0 Å². The van der Waals surface area contributed by atoms with Crippen molar-refractivity contribution < 1.29 is 13.2 Å². The van der Waals surface area contributed by atoms with Crippen molar-refractivity contribution in [1.29, 1.82) is 5.26 Å². The van der Waals surface area contributed by atoms with Crippen LogP contribution in [0.1, 0.15) is 11.1 Å². The molecule has 19 heavy (non-hydrogen) atoms. The first kappa shape index (κ1) is 13.5. The predicted octanol–water partition coefficient (Wildman–Crippen LogP) is 4.73. The van der Waals surface area contributed by atoms with Crippen molar-refractivity contribution in [2.45, 2.75) is 16.0 Å². The highest BCUT2D eigenvalue weighted by Crippen LogP contribution is 2.36. The van der Waals surface area contributed by atoms with Gasteiger partial charge in [-0.25, -0.2) is 0 Å². The molecule has 0 bridgehead atoms. The number of alkyl halides is 3. The van der Waals surface area contributed by atoms with Gasteiger partial charge < -0.3 is 0 Å². The summed E-state index contributed by atoms with van der Waals surface area (Å²) in [5.41, 5.74) is -0.508. The predicted molar refractivity (Wildman–Crippen MR) is 66.7 cm³/mol. The first-order chi connectivity index (χ1) is 9.00. The number of rotatable bonds is 2. The van der Waals surface area contributed by atoms with Crippen molar-refractivity contribution in [3.63, 3.8) is 0 Å². The second kappa shape index (κ2) is 5.37. The zero-order valence-electron chi connectivity index (χ0n) is 9.61. The lowest BCUT2D eigenvalue weighted by molar-refractivity contribution is -0.137. The molecule has 0 saturated heterocycles. The van der Waals surface area contributed by atoms with Gasteiger partial charge >= 0.3 is 6.18 Å². The number of benzene rings is 2. The lowest BCUT2D eigenvalue weighted by Crippen LogP contribution is -2.05. The average Bonchev–Trinajstić information content (AvgIpc) is 2.39. The van der Waals surface area contributed by atoms with E-state index < -0.39 is 11.7 Å². The summed E-state index contributed by atoms with van der Waals surface area (Å²) >= 11 is 1.15. The van der Waals surface area contributed by atoms with Crippen LogP contribution in [0.4, 0.5) is 13.2 Å². The topological polar surface area (TPSA) is 23.8 Å². The quantitative estimate of drug-likeness (QED) is 0.793. The molecule has 0 aliphatic carbocycles.